The lowest BCUT2D eigenvalue weighted by molar-refractivity contribution is 0.0144. The summed E-state index contributed by atoms with van der Waals surface area (Å²) in [5.41, 5.74) is 5.13. The van der Waals surface area contributed by atoms with Gasteiger partial charge in [-0.1, -0.05) is 36.0 Å². The van der Waals surface area contributed by atoms with Gasteiger partial charge in [0.25, 0.3) is 0 Å². The molecular weight excluding hydrogens is 482 g/mol. The third kappa shape index (κ3) is 5.43. The Morgan fingerprint density at radius 1 is 1.16 bits per heavy atom. The van der Waals surface area contributed by atoms with Crippen LogP contribution in [-0.2, 0) is 30.4 Å². The molecule has 0 N–H and O–H groups in total. The second kappa shape index (κ2) is 10.2. The molecule has 5 rings (SSSR count). The maximum absolute atomic E-state index is 12.9. The summed E-state index contributed by atoms with van der Waals surface area (Å²) in [6, 6.07) is 10.9. The molecule has 0 unspecified atom stereocenters. The molecule has 0 saturated carbocycles. The fraction of sp³-hybridized carbons (Fsp3) is 0.586. The molecule has 2 atom stereocenters. The summed E-state index contributed by atoms with van der Waals surface area (Å²) in [6.07, 6.45) is 8.51. The molecule has 196 valence electrons. The Morgan fingerprint density at radius 2 is 1.92 bits per heavy atom. The molecule has 1 aliphatic heterocycles. The monoisotopic (exact) mass is 519 g/mol. The molecule has 2 aromatic rings. The predicted molar refractivity (Wildman–Crippen MR) is 146 cm³/mol. The van der Waals surface area contributed by atoms with Gasteiger partial charge in [-0.05, 0) is 82.1 Å². The number of hydrogen-bond acceptors (Lipinski definition) is 7. The van der Waals surface area contributed by atoms with E-state index in [-0.39, 0.29) is 24.0 Å². The molecule has 1 fully saturated rings. The van der Waals surface area contributed by atoms with Crippen LogP contribution >= 0.6 is 11.8 Å². The van der Waals surface area contributed by atoms with E-state index >= 15 is 0 Å². The van der Waals surface area contributed by atoms with Gasteiger partial charge in [0.05, 0.1) is 24.2 Å². The Morgan fingerprint density at radius 3 is 2.65 bits per heavy atom. The Balaban J connectivity index is 1.40. The number of nitrogens with zero attached hydrogens (tertiary/aromatic N) is 5. The topological polar surface area (TPSA) is 82.4 Å². The minimum absolute atomic E-state index is 0.235. The van der Waals surface area contributed by atoms with Gasteiger partial charge in [0.1, 0.15) is 11.4 Å². The van der Waals surface area contributed by atoms with Gasteiger partial charge in [-0.15, -0.1) is 0 Å². The van der Waals surface area contributed by atoms with Crippen LogP contribution in [0.3, 0.4) is 0 Å². The van der Waals surface area contributed by atoms with Crippen LogP contribution < -0.4 is 4.90 Å². The number of aromatic nitrogens is 2. The molecule has 3 aliphatic rings. The van der Waals surface area contributed by atoms with E-state index < -0.39 is 5.60 Å². The van der Waals surface area contributed by atoms with Crippen LogP contribution in [0.1, 0.15) is 62.4 Å². The average Bonchev–Trinajstić information content (AvgIpc) is 2.87. The van der Waals surface area contributed by atoms with E-state index in [0.29, 0.717) is 19.6 Å². The number of anilines is 1. The van der Waals surface area contributed by atoms with Crippen LogP contribution in [-0.4, -0.2) is 58.5 Å². The van der Waals surface area contributed by atoms with E-state index in [1.54, 1.807) is 16.7 Å². The van der Waals surface area contributed by atoms with Crippen LogP contribution in [0, 0.1) is 16.7 Å². The third-order valence-electron chi connectivity index (χ3n) is 8.03. The van der Waals surface area contributed by atoms with Gasteiger partial charge in [-0.3, -0.25) is 0 Å². The highest BCUT2D eigenvalue weighted by Gasteiger charge is 2.41. The van der Waals surface area contributed by atoms with Crippen LogP contribution in [0.2, 0.25) is 0 Å². The zero-order valence-corrected chi connectivity index (χ0v) is 23.2. The molecule has 37 heavy (non-hydrogen) atoms. The summed E-state index contributed by atoms with van der Waals surface area (Å²) < 4.78 is 5.64. The van der Waals surface area contributed by atoms with Crippen molar-refractivity contribution in [3.63, 3.8) is 0 Å². The van der Waals surface area contributed by atoms with E-state index in [0.717, 1.165) is 43.1 Å². The van der Waals surface area contributed by atoms with Crippen molar-refractivity contribution in [2.75, 3.05) is 30.8 Å². The summed E-state index contributed by atoms with van der Waals surface area (Å²) in [5.74, 6) is 0.993. The first kappa shape index (κ1) is 25.8. The Kier molecular flexibility index (Phi) is 7.10. The molecule has 2 heterocycles. The number of ether oxygens (including phenoxy) is 1. The molecule has 0 bridgehead atoms. The minimum atomic E-state index is -0.569. The third-order valence-corrected chi connectivity index (χ3v) is 8.57. The van der Waals surface area contributed by atoms with E-state index in [2.05, 4.69) is 35.2 Å². The molecule has 7 nitrogen and oxygen atoms in total. The summed E-state index contributed by atoms with van der Waals surface area (Å²) in [7, 11) is 0. The van der Waals surface area contributed by atoms with Crippen molar-refractivity contribution in [1.82, 2.24) is 14.9 Å². The largest absolute Gasteiger partial charge is 0.444 e. The fourth-order valence-electron chi connectivity index (χ4n) is 6.20. The highest BCUT2D eigenvalue weighted by atomic mass is 32.2. The number of piperazine rings is 1. The maximum atomic E-state index is 12.9. The number of amides is 1. The lowest BCUT2D eigenvalue weighted by Crippen LogP contribution is -2.56. The van der Waals surface area contributed by atoms with E-state index in [4.69, 9.17) is 14.7 Å². The summed E-state index contributed by atoms with van der Waals surface area (Å²) >= 11 is 1.58. The predicted octanol–water partition coefficient (Wildman–Crippen LogP) is 5.20. The standard InChI is InChI=1S/C29H37N5O2S/c1-28(2,3)36-27(35)34-16-15-33(19-22(34)11-14-30)25-23-10-13-29(18-24(23)31-26(32-25)37-4)12-9-20-7-5-6-8-21(20)17-29/h5-8,22H,9-13,15-19H2,1-4H3/t22-,29-/m0/s1. The molecule has 1 saturated heterocycles. The number of rotatable bonds is 3. The van der Waals surface area contributed by atoms with Crippen LogP contribution in [0.4, 0.5) is 10.6 Å². The van der Waals surface area contributed by atoms with Crippen LogP contribution in [0.15, 0.2) is 29.4 Å². The van der Waals surface area contributed by atoms with Crippen molar-refractivity contribution in [3.05, 3.63) is 46.6 Å². The first-order chi connectivity index (χ1) is 17.7. The second-order valence-electron chi connectivity index (χ2n) is 11.7. The highest BCUT2D eigenvalue weighted by molar-refractivity contribution is 7.98. The Labute approximate surface area is 224 Å². The van der Waals surface area contributed by atoms with Crippen molar-refractivity contribution in [3.8, 4) is 6.07 Å². The number of carbonyl (C=O) groups is 1. The number of nitriles is 1. The van der Waals surface area contributed by atoms with Crippen molar-refractivity contribution < 1.29 is 9.53 Å². The highest BCUT2D eigenvalue weighted by Crippen LogP contribution is 2.46. The second-order valence-corrected chi connectivity index (χ2v) is 12.5. The molecule has 1 spiro atoms. The lowest BCUT2D eigenvalue weighted by Gasteiger charge is -2.44. The average molecular weight is 520 g/mol. The Bertz CT molecular complexity index is 1220. The molecule has 0 radical (unpaired) electrons. The molecule has 8 heteroatoms. The quantitative estimate of drug-likeness (QED) is 0.407. The number of aryl methyl sites for hydroxylation is 1. The van der Waals surface area contributed by atoms with Gasteiger partial charge in [-0.2, -0.15) is 5.26 Å². The molecule has 1 amide bonds. The lowest BCUT2D eigenvalue weighted by atomic mass is 9.63. The minimum Gasteiger partial charge on any atom is -0.444 e. The first-order valence-corrected chi connectivity index (χ1v) is 14.5. The fourth-order valence-corrected chi connectivity index (χ4v) is 6.58. The van der Waals surface area contributed by atoms with Crippen LogP contribution in [0.25, 0.3) is 0 Å². The van der Waals surface area contributed by atoms with E-state index in [1.165, 1.54) is 28.8 Å². The van der Waals surface area contributed by atoms with Crippen molar-refractivity contribution in [2.24, 2.45) is 5.41 Å². The molecular formula is C29H37N5O2S. The number of fused-ring (bicyclic) bond motifs is 2. The first-order valence-electron chi connectivity index (χ1n) is 13.3. The number of hydrogen-bond donors (Lipinski definition) is 0. The molecule has 2 aliphatic carbocycles. The van der Waals surface area contributed by atoms with Gasteiger partial charge in [0.2, 0.25) is 0 Å². The number of thioether (sulfide) groups is 1. The maximum Gasteiger partial charge on any atom is 0.410 e. The summed E-state index contributed by atoms with van der Waals surface area (Å²) in [4.78, 5) is 26.9. The SMILES string of the molecule is CSc1nc2c(c(N3CCN(C(=O)OC(C)(C)C)[C@@H](CC#N)C3)n1)CC[C@]1(CCc3ccccc3C1)C2. The smallest absolute Gasteiger partial charge is 0.410 e. The summed E-state index contributed by atoms with van der Waals surface area (Å²) in [6.45, 7) is 7.36. The van der Waals surface area contributed by atoms with Gasteiger partial charge in [0, 0.05) is 25.2 Å². The normalized spacial score (nSPS) is 23.3. The van der Waals surface area contributed by atoms with Crippen LogP contribution in [0.5, 0.6) is 0 Å². The van der Waals surface area contributed by atoms with Gasteiger partial charge >= 0.3 is 6.09 Å². The summed E-state index contributed by atoms with van der Waals surface area (Å²) in [5, 5.41) is 10.3. The van der Waals surface area contributed by atoms with Gasteiger partial charge in [0.15, 0.2) is 5.16 Å². The molecule has 1 aromatic carbocycles. The molecule has 1 aromatic heterocycles. The number of carbonyl (C=O) groups excluding carboxylic acids is 1. The zero-order valence-electron chi connectivity index (χ0n) is 22.4. The van der Waals surface area contributed by atoms with Crippen molar-refractivity contribution in [1.29, 1.82) is 5.26 Å². The number of benzene rings is 1. The van der Waals surface area contributed by atoms with Gasteiger partial charge in [-0.25, -0.2) is 14.8 Å². The zero-order chi connectivity index (χ0) is 26.2. The van der Waals surface area contributed by atoms with E-state index in [1.807, 2.05) is 27.0 Å². The van der Waals surface area contributed by atoms with Gasteiger partial charge < -0.3 is 14.5 Å². The van der Waals surface area contributed by atoms with E-state index in [9.17, 15) is 10.1 Å². The Hall–Kier alpha value is -2.79. The van der Waals surface area contributed by atoms with Crippen molar-refractivity contribution >= 4 is 23.7 Å². The van der Waals surface area contributed by atoms with Crippen molar-refractivity contribution in [2.45, 2.75) is 82.5 Å².